The SMILES string of the molecule is CN=C(NCCN1CCCN(C)CC1)NCc1cc(OC)ccc1OC(F)F.I. The van der Waals surface area contributed by atoms with E-state index in [2.05, 4.69) is 37.2 Å². The summed E-state index contributed by atoms with van der Waals surface area (Å²) in [6, 6.07) is 4.74. The van der Waals surface area contributed by atoms with Gasteiger partial charge >= 0.3 is 6.61 Å². The van der Waals surface area contributed by atoms with Gasteiger partial charge in [-0.05, 0) is 44.8 Å². The lowest BCUT2D eigenvalue weighted by atomic mass is 10.2. The number of hydrogen-bond donors (Lipinski definition) is 2. The second-order valence-electron chi connectivity index (χ2n) is 6.70. The second kappa shape index (κ2) is 13.8. The van der Waals surface area contributed by atoms with Crippen molar-refractivity contribution in [3.8, 4) is 11.5 Å². The van der Waals surface area contributed by atoms with Gasteiger partial charge in [-0.15, -0.1) is 24.0 Å². The highest BCUT2D eigenvalue weighted by atomic mass is 127. The van der Waals surface area contributed by atoms with E-state index >= 15 is 0 Å². The molecule has 0 unspecified atom stereocenters. The number of benzene rings is 1. The van der Waals surface area contributed by atoms with E-state index in [1.54, 1.807) is 19.2 Å². The zero-order chi connectivity index (χ0) is 20.4. The van der Waals surface area contributed by atoms with Crippen molar-refractivity contribution >= 4 is 29.9 Å². The Hall–Kier alpha value is -1.40. The average molecular weight is 527 g/mol. The zero-order valence-corrected chi connectivity index (χ0v) is 19.6. The normalized spacial score (nSPS) is 16.1. The minimum Gasteiger partial charge on any atom is -0.497 e. The number of halogens is 3. The minimum atomic E-state index is -2.88. The molecule has 1 saturated heterocycles. The molecule has 1 heterocycles. The Morgan fingerprint density at radius 3 is 2.69 bits per heavy atom. The van der Waals surface area contributed by atoms with Crippen molar-refractivity contribution in [2.45, 2.75) is 19.6 Å². The van der Waals surface area contributed by atoms with Crippen LogP contribution in [0.15, 0.2) is 23.2 Å². The van der Waals surface area contributed by atoms with E-state index in [-0.39, 0.29) is 36.3 Å². The number of hydrogen-bond acceptors (Lipinski definition) is 5. The maximum absolute atomic E-state index is 12.6. The molecule has 0 aromatic heterocycles. The van der Waals surface area contributed by atoms with Gasteiger partial charge in [0.1, 0.15) is 11.5 Å². The highest BCUT2D eigenvalue weighted by molar-refractivity contribution is 14.0. The van der Waals surface area contributed by atoms with E-state index < -0.39 is 6.61 Å². The zero-order valence-electron chi connectivity index (χ0n) is 17.3. The van der Waals surface area contributed by atoms with Gasteiger partial charge in [0, 0.05) is 45.3 Å². The van der Waals surface area contributed by atoms with Crippen LogP contribution >= 0.6 is 24.0 Å². The Balaban J connectivity index is 0.00000420. The van der Waals surface area contributed by atoms with Gasteiger partial charge in [0.15, 0.2) is 5.96 Å². The number of nitrogens with zero attached hydrogens (tertiary/aromatic N) is 3. The Kier molecular flexibility index (Phi) is 12.2. The van der Waals surface area contributed by atoms with Gasteiger partial charge in [0.05, 0.1) is 7.11 Å². The molecular formula is C19H32F2IN5O2. The molecule has 0 radical (unpaired) electrons. The molecule has 0 saturated carbocycles. The third-order valence-electron chi connectivity index (χ3n) is 4.69. The number of rotatable bonds is 8. The molecule has 10 heteroatoms. The monoisotopic (exact) mass is 527 g/mol. The van der Waals surface area contributed by atoms with Crippen LogP contribution in [-0.4, -0.2) is 82.8 Å². The molecule has 1 fully saturated rings. The van der Waals surface area contributed by atoms with Gasteiger partial charge in [0.2, 0.25) is 0 Å². The highest BCUT2D eigenvalue weighted by Gasteiger charge is 2.13. The molecule has 0 aliphatic carbocycles. The van der Waals surface area contributed by atoms with Gasteiger partial charge in [0.25, 0.3) is 0 Å². The van der Waals surface area contributed by atoms with Crippen molar-refractivity contribution in [3.63, 3.8) is 0 Å². The van der Waals surface area contributed by atoms with Crippen LogP contribution in [0.3, 0.4) is 0 Å². The predicted octanol–water partition coefficient (Wildman–Crippen LogP) is 2.22. The largest absolute Gasteiger partial charge is 0.497 e. The first kappa shape index (κ1) is 25.6. The summed E-state index contributed by atoms with van der Waals surface area (Å²) in [6.07, 6.45) is 1.17. The van der Waals surface area contributed by atoms with Crippen molar-refractivity contribution in [2.24, 2.45) is 4.99 Å². The molecule has 0 spiro atoms. The predicted molar refractivity (Wildman–Crippen MR) is 122 cm³/mol. The standard InChI is InChI=1S/C19H31F2N5O2.HI/c1-22-19(23-7-10-26-9-4-8-25(2)11-12-26)24-14-15-13-16(27-3)5-6-17(15)28-18(20)21;/h5-6,13,18H,4,7-12,14H2,1-3H3,(H2,22,23,24);1H. The molecular weight excluding hydrogens is 495 g/mol. The van der Waals surface area contributed by atoms with E-state index in [1.165, 1.54) is 19.6 Å². The van der Waals surface area contributed by atoms with Gasteiger partial charge < -0.3 is 29.9 Å². The molecule has 2 rings (SSSR count). The molecule has 0 amide bonds. The fourth-order valence-electron chi connectivity index (χ4n) is 3.09. The molecule has 1 aromatic carbocycles. The van der Waals surface area contributed by atoms with Crippen molar-refractivity contribution in [1.82, 2.24) is 20.4 Å². The molecule has 1 aliphatic rings. The van der Waals surface area contributed by atoms with E-state index in [9.17, 15) is 8.78 Å². The third kappa shape index (κ3) is 9.30. The number of ether oxygens (including phenoxy) is 2. The lowest BCUT2D eigenvalue weighted by Gasteiger charge is -2.21. The maximum atomic E-state index is 12.6. The van der Waals surface area contributed by atoms with E-state index in [4.69, 9.17) is 4.74 Å². The summed E-state index contributed by atoms with van der Waals surface area (Å²) in [5.74, 6) is 1.30. The molecule has 1 aliphatic heterocycles. The molecule has 1 aromatic rings. The Labute approximate surface area is 188 Å². The molecule has 0 atom stereocenters. The highest BCUT2D eigenvalue weighted by Crippen LogP contribution is 2.25. The maximum Gasteiger partial charge on any atom is 0.387 e. The number of nitrogens with one attached hydrogen (secondary N) is 2. The van der Waals surface area contributed by atoms with E-state index in [0.717, 1.165) is 39.3 Å². The summed E-state index contributed by atoms with van der Waals surface area (Å²) in [5.41, 5.74) is 0.568. The van der Waals surface area contributed by atoms with Crippen LogP contribution in [0.1, 0.15) is 12.0 Å². The summed E-state index contributed by atoms with van der Waals surface area (Å²) in [6.45, 7) is 3.45. The summed E-state index contributed by atoms with van der Waals surface area (Å²) in [4.78, 5) is 8.98. The van der Waals surface area contributed by atoms with Gasteiger partial charge in [-0.1, -0.05) is 0 Å². The summed E-state index contributed by atoms with van der Waals surface area (Å²) >= 11 is 0. The van der Waals surface area contributed by atoms with Crippen LogP contribution in [0, 0.1) is 0 Å². The number of aliphatic imine (C=N–C) groups is 1. The Morgan fingerprint density at radius 1 is 1.21 bits per heavy atom. The van der Waals surface area contributed by atoms with Crippen LogP contribution in [-0.2, 0) is 6.54 Å². The van der Waals surface area contributed by atoms with Gasteiger partial charge in [-0.2, -0.15) is 8.78 Å². The first-order chi connectivity index (χ1) is 13.5. The lowest BCUT2D eigenvalue weighted by molar-refractivity contribution is -0.0504. The van der Waals surface area contributed by atoms with Crippen molar-refractivity contribution in [2.75, 3.05) is 60.5 Å². The van der Waals surface area contributed by atoms with Crippen LogP contribution < -0.4 is 20.1 Å². The lowest BCUT2D eigenvalue weighted by Crippen LogP contribution is -2.42. The van der Waals surface area contributed by atoms with Crippen molar-refractivity contribution < 1.29 is 18.3 Å². The van der Waals surface area contributed by atoms with Crippen LogP contribution in [0.4, 0.5) is 8.78 Å². The van der Waals surface area contributed by atoms with Crippen molar-refractivity contribution in [1.29, 1.82) is 0 Å². The molecule has 2 N–H and O–H groups in total. The third-order valence-corrected chi connectivity index (χ3v) is 4.69. The van der Waals surface area contributed by atoms with E-state index in [1.807, 2.05) is 0 Å². The topological polar surface area (TPSA) is 61.4 Å². The van der Waals surface area contributed by atoms with E-state index in [0.29, 0.717) is 17.3 Å². The summed E-state index contributed by atoms with van der Waals surface area (Å²) < 4.78 is 35.0. The molecule has 29 heavy (non-hydrogen) atoms. The summed E-state index contributed by atoms with van der Waals surface area (Å²) in [5, 5.41) is 6.41. The smallest absolute Gasteiger partial charge is 0.387 e. The van der Waals surface area contributed by atoms with Crippen LogP contribution in [0.25, 0.3) is 0 Å². The number of methoxy groups -OCH3 is 1. The number of likely N-dealkylation sites (N-methyl/N-ethyl adjacent to an activating group) is 1. The van der Waals surface area contributed by atoms with Gasteiger partial charge in [-0.25, -0.2) is 0 Å². The van der Waals surface area contributed by atoms with Crippen molar-refractivity contribution in [3.05, 3.63) is 23.8 Å². The first-order valence-electron chi connectivity index (χ1n) is 9.49. The molecule has 166 valence electrons. The number of guanidine groups is 1. The minimum absolute atomic E-state index is 0. The average Bonchev–Trinajstić information content (AvgIpc) is 2.89. The Morgan fingerprint density at radius 2 is 2.00 bits per heavy atom. The second-order valence-corrected chi connectivity index (χ2v) is 6.70. The van der Waals surface area contributed by atoms with Crippen LogP contribution in [0.2, 0.25) is 0 Å². The quantitative estimate of drug-likeness (QED) is 0.307. The fourth-order valence-corrected chi connectivity index (χ4v) is 3.09. The van der Waals surface area contributed by atoms with Crippen LogP contribution in [0.5, 0.6) is 11.5 Å². The molecule has 0 bridgehead atoms. The Bertz CT molecular complexity index is 637. The number of alkyl halides is 2. The van der Waals surface area contributed by atoms with Gasteiger partial charge in [-0.3, -0.25) is 4.99 Å². The first-order valence-corrected chi connectivity index (χ1v) is 9.49. The fraction of sp³-hybridized carbons (Fsp3) is 0.632. The molecule has 7 nitrogen and oxygen atoms in total. The summed E-state index contributed by atoms with van der Waals surface area (Å²) in [7, 11) is 5.36.